The van der Waals surface area contributed by atoms with Gasteiger partial charge >= 0.3 is 5.97 Å². The maximum atomic E-state index is 13.3. The normalized spacial score (nSPS) is 12.6. The first-order chi connectivity index (χ1) is 7.63. The van der Waals surface area contributed by atoms with Gasteiger partial charge in [0, 0.05) is 11.6 Å². The molecule has 2 rings (SSSR count). The Balaban J connectivity index is 2.53. The van der Waals surface area contributed by atoms with Gasteiger partial charge in [-0.1, -0.05) is 0 Å². The molecular formula is C11H10FNO3. The van der Waals surface area contributed by atoms with E-state index >= 15 is 0 Å². The molecule has 16 heavy (non-hydrogen) atoms. The standard InChI is InChI=1S/C11H10FNO3/c1-16-8-2-3-9-7(6-8)4-5-13(9)10(12)11(14)15/h2-6,10H,1H3,(H,14,15). The van der Waals surface area contributed by atoms with E-state index in [1.807, 2.05) is 0 Å². The molecule has 0 saturated carbocycles. The highest BCUT2D eigenvalue weighted by atomic mass is 19.1. The summed E-state index contributed by atoms with van der Waals surface area (Å²) >= 11 is 0. The summed E-state index contributed by atoms with van der Waals surface area (Å²) in [6.07, 6.45) is -0.658. The van der Waals surface area contributed by atoms with Gasteiger partial charge in [-0.25, -0.2) is 9.18 Å². The quantitative estimate of drug-likeness (QED) is 0.867. The van der Waals surface area contributed by atoms with Crippen LogP contribution in [0.5, 0.6) is 5.75 Å². The largest absolute Gasteiger partial charge is 0.497 e. The first-order valence-corrected chi connectivity index (χ1v) is 4.65. The Morgan fingerprint density at radius 2 is 2.25 bits per heavy atom. The first kappa shape index (κ1) is 10.5. The van der Waals surface area contributed by atoms with Crippen molar-refractivity contribution in [3.05, 3.63) is 30.5 Å². The van der Waals surface area contributed by atoms with E-state index in [4.69, 9.17) is 9.84 Å². The van der Waals surface area contributed by atoms with Crippen molar-refractivity contribution >= 4 is 16.9 Å². The van der Waals surface area contributed by atoms with Crippen molar-refractivity contribution in [2.75, 3.05) is 7.11 Å². The minimum atomic E-state index is -2.06. The van der Waals surface area contributed by atoms with Gasteiger partial charge in [-0.05, 0) is 24.3 Å². The van der Waals surface area contributed by atoms with E-state index in [1.54, 1.807) is 24.3 Å². The Morgan fingerprint density at radius 1 is 1.50 bits per heavy atom. The third kappa shape index (κ3) is 1.60. The summed E-state index contributed by atoms with van der Waals surface area (Å²) in [6.45, 7) is 0. The van der Waals surface area contributed by atoms with Crippen LogP contribution in [0.3, 0.4) is 0 Å². The van der Waals surface area contributed by atoms with Crippen LogP contribution in [0.15, 0.2) is 30.5 Å². The predicted molar refractivity (Wildman–Crippen MR) is 56.3 cm³/mol. The molecule has 2 aromatic rings. The molecule has 1 atom stereocenters. The smallest absolute Gasteiger partial charge is 0.359 e. The molecule has 0 aliphatic rings. The number of methoxy groups -OCH3 is 1. The van der Waals surface area contributed by atoms with Gasteiger partial charge in [-0.3, -0.25) is 0 Å². The maximum absolute atomic E-state index is 13.3. The number of benzene rings is 1. The second-order valence-corrected chi connectivity index (χ2v) is 3.32. The van der Waals surface area contributed by atoms with Crippen LogP contribution >= 0.6 is 0 Å². The molecule has 0 spiro atoms. The number of alkyl halides is 1. The number of fused-ring (bicyclic) bond motifs is 1. The lowest BCUT2D eigenvalue weighted by Gasteiger charge is -2.07. The molecule has 0 amide bonds. The molecular weight excluding hydrogens is 213 g/mol. The van der Waals surface area contributed by atoms with Crippen LogP contribution in [0.25, 0.3) is 10.9 Å². The molecule has 0 saturated heterocycles. The van der Waals surface area contributed by atoms with E-state index in [2.05, 4.69) is 0 Å². The van der Waals surface area contributed by atoms with Gasteiger partial charge in [0.1, 0.15) is 5.75 Å². The van der Waals surface area contributed by atoms with Gasteiger partial charge in [0.05, 0.1) is 12.6 Å². The lowest BCUT2D eigenvalue weighted by molar-refractivity contribution is -0.146. The Morgan fingerprint density at radius 3 is 2.88 bits per heavy atom. The first-order valence-electron chi connectivity index (χ1n) is 4.65. The zero-order valence-electron chi connectivity index (χ0n) is 8.55. The molecule has 0 aliphatic heterocycles. The van der Waals surface area contributed by atoms with Crippen molar-refractivity contribution in [2.45, 2.75) is 6.30 Å². The molecule has 4 nitrogen and oxygen atoms in total. The zero-order valence-corrected chi connectivity index (χ0v) is 8.55. The topological polar surface area (TPSA) is 51.5 Å². The number of aliphatic carboxylic acids is 1. The summed E-state index contributed by atoms with van der Waals surface area (Å²) < 4.78 is 19.4. The van der Waals surface area contributed by atoms with Gasteiger partial charge in [-0.2, -0.15) is 0 Å². The number of halogens is 1. The monoisotopic (exact) mass is 223 g/mol. The van der Waals surface area contributed by atoms with E-state index in [0.717, 1.165) is 9.95 Å². The summed E-state index contributed by atoms with van der Waals surface area (Å²) in [6, 6.07) is 6.66. The van der Waals surface area contributed by atoms with Crippen molar-refractivity contribution in [2.24, 2.45) is 0 Å². The molecule has 1 heterocycles. The van der Waals surface area contributed by atoms with Crippen molar-refractivity contribution in [3.8, 4) is 5.75 Å². The summed E-state index contributed by atoms with van der Waals surface area (Å²) in [5, 5.41) is 9.33. The van der Waals surface area contributed by atoms with Crippen molar-refractivity contribution in [3.63, 3.8) is 0 Å². The Kier molecular flexibility index (Phi) is 2.52. The fourth-order valence-electron chi connectivity index (χ4n) is 1.59. The van der Waals surface area contributed by atoms with Crippen LogP contribution in [0.1, 0.15) is 6.30 Å². The molecule has 84 valence electrons. The average Bonchev–Trinajstić information content (AvgIpc) is 2.70. The van der Waals surface area contributed by atoms with Crippen LogP contribution in [0.2, 0.25) is 0 Å². The van der Waals surface area contributed by atoms with Crippen molar-refractivity contribution < 1.29 is 19.0 Å². The van der Waals surface area contributed by atoms with Crippen LogP contribution in [-0.4, -0.2) is 22.8 Å². The summed E-state index contributed by atoms with van der Waals surface area (Å²) in [5.41, 5.74) is 0.524. The number of carboxylic acid groups (broad SMARTS) is 1. The van der Waals surface area contributed by atoms with E-state index in [-0.39, 0.29) is 0 Å². The molecule has 1 N–H and O–H groups in total. The van der Waals surface area contributed by atoms with Gasteiger partial charge in [0.15, 0.2) is 0 Å². The second-order valence-electron chi connectivity index (χ2n) is 3.32. The third-order valence-electron chi connectivity index (χ3n) is 2.38. The number of carboxylic acids is 1. The summed E-state index contributed by atoms with van der Waals surface area (Å²) in [7, 11) is 1.54. The van der Waals surface area contributed by atoms with E-state index in [0.29, 0.717) is 11.3 Å². The average molecular weight is 223 g/mol. The zero-order chi connectivity index (χ0) is 11.7. The van der Waals surface area contributed by atoms with Gasteiger partial charge < -0.3 is 14.4 Å². The summed E-state index contributed by atoms with van der Waals surface area (Å²) in [5.74, 6) is -0.857. The highest BCUT2D eigenvalue weighted by Crippen LogP contribution is 2.25. The third-order valence-corrected chi connectivity index (χ3v) is 2.38. The van der Waals surface area contributed by atoms with Crippen LogP contribution < -0.4 is 4.74 Å². The molecule has 0 radical (unpaired) electrons. The molecule has 0 aliphatic carbocycles. The minimum Gasteiger partial charge on any atom is -0.497 e. The molecule has 0 bridgehead atoms. The van der Waals surface area contributed by atoms with Crippen molar-refractivity contribution in [1.29, 1.82) is 0 Å². The predicted octanol–water partition coefficient (Wildman–Crippen LogP) is 2.20. The SMILES string of the molecule is COc1ccc2c(ccn2C(F)C(=O)O)c1. The Hall–Kier alpha value is -2.04. The Bertz CT molecular complexity index is 535. The molecule has 1 aromatic carbocycles. The molecule has 1 unspecified atom stereocenters. The van der Waals surface area contributed by atoms with E-state index in [9.17, 15) is 9.18 Å². The second kappa shape index (κ2) is 3.84. The number of aromatic nitrogens is 1. The van der Waals surface area contributed by atoms with Crippen molar-refractivity contribution in [1.82, 2.24) is 4.57 Å². The lowest BCUT2D eigenvalue weighted by Crippen LogP contribution is -2.12. The van der Waals surface area contributed by atoms with E-state index < -0.39 is 12.3 Å². The highest BCUT2D eigenvalue weighted by molar-refractivity contribution is 5.83. The number of rotatable bonds is 3. The summed E-state index contributed by atoms with van der Waals surface area (Å²) in [4.78, 5) is 10.5. The number of nitrogens with zero attached hydrogens (tertiary/aromatic N) is 1. The minimum absolute atomic E-state index is 0.524. The van der Waals surface area contributed by atoms with E-state index in [1.165, 1.54) is 13.3 Å². The molecule has 0 fully saturated rings. The van der Waals surface area contributed by atoms with Gasteiger partial charge in [0.25, 0.3) is 6.30 Å². The number of hydrogen-bond acceptors (Lipinski definition) is 2. The highest BCUT2D eigenvalue weighted by Gasteiger charge is 2.19. The fourth-order valence-corrected chi connectivity index (χ4v) is 1.59. The number of ether oxygens (including phenoxy) is 1. The lowest BCUT2D eigenvalue weighted by atomic mass is 10.2. The van der Waals surface area contributed by atoms with Gasteiger partial charge in [0.2, 0.25) is 0 Å². The Labute approximate surface area is 90.9 Å². The molecule has 5 heteroatoms. The van der Waals surface area contributed by atoms with Gasteiger partial charge in [-0.15, -0.1) is 0 Å². The van der Waals surface area contributed by atoms with Crippen LogP contribution in [-0.2, 0) is 4.79 Å². The van der Waals surface area contributed by atoms with Crippen LogP contribution in [0.4, 0.5) is 4.39 Å². The fraction of sp³-hybridized carbons (Fsp3) is 0.182. The number of hydrogen-bond donors (Lipinski definition) is 1. The maximum Gasteiger partial charge on any atom is 0.359 e. The number of carbonyl (C=O) groups is 1. The van der Waals surface area contributed by atoms with Crippen LogP contribution in [0, 0.1) is 0 Å². The molecule has 1 aromatic heterocycles.